The highest BCUT2D eigenvalue weighted by molar-refractivity contribution is 5.64. The van der Waals surface area contributed by atoms with Gasteiger partial charge in [-0.3, -0.25) is 0 Å². The van der Waals surface area contributed by atoms with Crippen LogP contribution in [-0.4, -0.2) is 23.2 Å². The number of aliphatic hydroxyl groups excluding tert-OH is 1. The van der Waals surface area contributed by atoms with E-state index < -0.39 is 0 Å². The Morgan fingerprint density at radius 3 is 3.00 bits per heavy atom. The smallest absolute Gasteiger partial charge is 0.149 e. The largest absolute Gasteiger partial charge is 0.396 e. The van der Waals surface area contributed by atoms with Crippen LogP contribution < -0.4 is 11.1 Å². The lowest BCUT2D eigenvalue weighted by Crippen LogP contribution is -2.07. The van der Waals surface area contributed by atoms with Crippen LogP contribution in [0.4, 0.5) is 11.5 Å². The van der Waals surface area contributed by atoms with Crippen molar-refractivity contribution in [3.8, 4) is 0 Å². The van der Waals surface area contributed by atoms with E-state index in [9.17, 15) is 0 Å². The lowest BCUT2D eigenvalue weighted by molar-refractivity contribution is 0.286. The number of unbranched alkanes of at least 4 members (excludes halogenated alkanes) is 1. The van der Waals surface area contributed by atoms with Gasteiger partial charge in [0.15, 0.2) is 0 Å². The van der Waals surface area contributed by atoms with Gasteiger partial charge in [0.25, 0.3) is 0 Å². The van der Waals surface area contributed by atoms with Crippen LogP contribution in [0.2, 0.25) is 0 Å². The summed E-state index contributed by atoms with van der Waals surface area (Å²) in [4.78, 5) is 4.14. The highest BCUT2D eigenvalue weighted by atomic mass is 16.2. The minimum absolute atomic E-state index is 0.235. The number of nitrogens with one attached hydrogen (secondary N) is 1. The third-order valence-electron chi connectivity index (χ3n) is 2.09. The van der Waals surface area contributed by atoms with Crippen molar-refractivity contribution < 1.29 is 5.11 Å². The molecular formula is C10H17N3O. The van der Waals surface area contributed by atoms with Gasteiger partial charge < -0.3 is 16.2 Å². The predicted molar refractivity (Wildman–Crippen MR) is 58.2 cm³/mol. The molecule has 4 heteroatoms. The number of anilines is 2. The molecule has 0 aromatic carbocycles. The summed E-state index contributed by atoms with van der Waals surface area (Å²) in [6.07, 6.45) is 3.46. The number of pyridine rings is 1. The number of nitrogens with two attached hydrogens (primary N) is 1. The normalized spacial score (nSPS) is 10.1. The summed E-state index contributed by atoms with van der Waals surface area (Å²) < 4.78 is 0. The highest BCUT2D eigenvalue weighted by Gasteiger charge is 2.01. The van der Waals surface area contributed by atoms with Crippen LogP contribution in [0.25, 0.3) is 0 Å². The second-order valence-electron chi connectivity index (χ2n) is 3.25. The molecule has 4 nitrogen and oxygen atoms in total. The summed E-state index contributed by atoms with van der Waals surface area (Å²) in [5.41, 5.74) is 7.56. The quantitative estimate of drug-likeness (QED) is 0.616. The van der Waals surface area contributed by atoms with Gasteiger partial charge in [-0.1, -0.05) is 0 Å². The highest BCUT2D eigenvalue weighted by Crippen LogP contribution is 2.18. The Labute approximate surface area is 84.2 Å². The molecule has 78 valence electrons. The Kier molecular flexibility index (Phi) is 4.19. The van der Waals surface area contributed by atoms with Crippen LogP contribution in [-0.2, 0) is 0 Å². The molecule has 1 aromatic heterocycles. The molecule has 0 saturated carbocycles. The van der Waals surface area contributed by atoms with E-state index in [-0.39, 0.29) is 6.61 Å². The number of hydrogen-bond acceptors (Lipinski definition) is 4. The van der Waals surface area contributed by atoms with E-state index in [0.717, 1.165) is 30.8 Å². The zero-order chi connectivity index (χ0) is 10.4. The average Bonchev–Trinajstić information content (AvgIpc) is 2.19. The molecule has 0 unspecified atom stereocenters. The fourth-order valence-corrected chi connectivity index (χ4v) is 1.15. The predicted octanol–water partition coefficient (Wildman–Crippen LogP) is 1.16. The molecule has 0 saturated heterocycles. The summed E-state index contributed by atoms with van der Waals surface area (Å²) >= 11 is 0. The first kappa shape index (κ1) is 10.8. The number of nitrogens with zero attached hydrogens (tertiary/aromatic N) is 1. The van der Waals surface area contributed by atoms with Crippen LogP contribution >= 0.6 is 0 Å². The zero-order valence-electron chi connectivity index (χ0n) is 8.45. The van der Waals surface area contributed by atoms with E-state index in [1.165, 1.54) is 0 Å². The first-order chi connectivity index (χ1) is 6.75. The standard InChI is InChI=1S/C10H17N3O/c1-8-4-6-13-10(9(8)11)12-5-2-3-7-14/h4,6,14H,2-3,5,7,11H2,1H3,(H,12,13). The van der Waals surface area contributed by atoms with E-state index in [1.807, 2.05) is 13.0 Å². The van der Waals surface area contributed by atoms with Crippen molar-refractivity contribution in [1.29, 1.82) is 0 Å². The molecule has 0 fully saturated rings. The van der Waals surface area contributed by atoms with Crippen molar-refractivity contribution in [3.05, 3.63) is 17.8 Å². The van der Waals surface area contributed by atoms with Gasteiger partial charge in [-0.25, -0.2) is 4.98 Å². The number of nitrogen functional groups attached to an aromatic ring is 1. The molecule has 0 spiro atoms. The molecule has 0 amide bonds. The number of rotatable bonds is 5. The molecule has 4 N–H and O–H groups in total. The Balaban J connectivity index is 2.46. The van der Waals surface area contributed by atoms with Crippen LogP contribution in [0.1, 0.15) is 18.4 Å². The third kappa shape index (κ3) is 2.88. The molecule has 0 aliphatic rings. The maximum atomic E-state index is 8.59. The van der Waals surface area contributed by atoms with E-state index >= 15 is 0 Å². The van der Waals surface area contributed by atoms with Crippen molar-refractivity contribution in [3.63, 3.8) is 0 Å². The van der Waals surface area contributed by atoms with Gasteiger partial charge in [0.1, 0.15) is 5.82 Å². The Morgan fingerprint density at radius 1 is 1.50 bits per heavy atom. The van der Waals surface area contributed by atoms with Gasteiger partial charge in [-0.15, -0.1) is 0 Å². The average molecular weight is 195 g/mol. The van der Waals surface area contributed by atoms with Crippen molar-refractivity contribution in [2.24, 2.45) is 0 Å². The Morgan fingerprint density at radius 2 is 2.29 bits per heavy atom. The van der Waals surface area contributed by atoms with E-state index in [0.29, 0.717) is 5.69 Å². The molecule has 1 aromatic rings. The van der Waals surface area contributed by atoms with Gasteiger partial charge in [0.05, 0.1) is 5.69 Å². The summed E-state index contributed by atoms with van der Waals surface area (Å²) in [6, 6.07) is 1.88. The number of aryl methyl sites for hydroxylation is 1. The second kappa shape index (κ2) is 5.44. The molecule has 0 aliphatic carbocycles. The van der Waals surface area contributed by atoms with Gasteiger partial charge in [-0.2, -0.15) is 0 Å². The molecular weight excluding hydrogens is 178 g/mol. The van der Waals surface area contributed by atoms with E-state index in [2.05, 4.69) is 10.3 Å². The maximum Gasteiger partial charge on any atom is 0.149 e. The van der Waals surface area contributed by atoms with Gasteiger partial charge in [0.2, 0.25) is 0 Å². The molecule has 0 bridgehead atoms. The van der Waals surface area contributed by atoms with Crippen molar-refractivity contribution in [1.82, 2.24) is 4.98 Å². The second-order valence-corrected chi connectivity index (χ2v) is 3.25. The summed E-state index contributed by atoms with van der Waals surface area (Å²) in [6.45, 7) is 2.98. The van der Waals surface area contributed by atoms with Gasteiger partial charge in [-0.05, 0) is 31.4 Å². The lowest BCUT2D eigenvalue weighted by Gasteiger charge is -2.09. The fourth-order valence-electron chi connectivity index (χ4n) is 1.15. The number of aliphatic hydroxyl groups is 1. The van der Waals surface area contributed by atoms with Crippen LogP contribution in [0.3, 0.4) is 0 Å². The fraction of sp³-hybridized carbons (Fsp3) is 0.500. The Bertz CT molecular complexity index is 289. The van der Waals surface area contributed by atoms with E-state index in [1.54, 1.807) is 6.20 Å². The number of aromatic nitrogens is 1. The minimum Gasteiger partial charge on any atom is -0.396 e. The molecule has 14 heavy (non-hydrogen) atoms. The van der Waals surface area contributed by atoms with Crippen LogP contribution in [0.5, 0.6) is 0 Å². The minimum atomic E-state index is 0.235. The van der Waals surface area contributed by atoms with Crippen LogP contribution in [0, 0.1) is 6.92 Å². The lowest BCUT2D eigenvalue weighted by atomic mass is 10.2. The first-order valence-electron chi connectivity index (χ1n) is 4.81. The zero-order valence-corrected chi connectivity index (χ0v) is 8.45. The third-order valence-corrected chi connectivity index (χ3v) is 2.09. The monoisotopic (exact) mass is 195 g/mol. The molecule has 0 radical (unpaired) electrons. The van der Waals surface area contributed by atoms with Crippen LogP contribution in [0.15, 0.2) is 12.3 Å². The first-order valence-corrected chi connectivity index (χ1v) is 4.81. The molecule has 1 rings (SSSR count). The van der Waals surface area contributed by atoms with E-state index in [4.69, 9.17) is 10.8 Å². The molecule has 0 aliphatic heterocycles. The number of hydrogen-bond donors (Lipinski definition) is 3. The Hall–Kier alpha value is -1.29. The summed E-state index contributed by atoms with van der Waals surface area (Å²) in [5, 5.41) is 11.7. The molecule has 0 atom stereocenters. The molecule has 1 heterocycles. The van der Waals surface area contributed by atoms with Gasteiger partial charge in [0, 0.05) is 19.3 Å². The summed E-state index contributed by atoms with van der Waals surface area (Å²) in [5.74, 6) is 0.739. The van der Waals surface area contributed by atoms with Crippen molar-refractivity contribution in [2.45, 2.75) is 19.8 Å². The SMILES string of the molecule is Cc1ccnc(NCCCCO)c1N. The summed E-state index contributed by atoms with van der Waals surface area (Å²) in [7, 11) is 0. The maximum absolute atomic E-state index is 8.59. The van der Waals surface area contributed by atoms with Gasteiger partial charge >= 0.3 is 0 Å². The van der Waals surface area contributed by atoms with Crippen molar-refractivity contribution >= 4 is 11.5 Å². The van der Waals surface area contributed by atoms with Crippen molar-refractivity contribution in [2.75, 3.05) is 24.2 Å². The topological polar surface area (TPSA) is 71.2 Å².